The zero-order valence-corrected chi connectivity index (χ0v) is 12.1. The number of halogens is 2. The molecule has 0 N–H and O–H groups in total. The fourth-order valence-electron chi connectivity index (χ4n) is 1.47. The van der Waals surface area contributed by atoms with E-state index in [0.717, 1.165) is 15.7 Å². The number of methoxy groups -OCH3 is 1. The van der Waals surface area contributed by atoms with E-state index in [0.29, 0.717) is 10.8 Å². The fourth-order valence-corrected chi connectivity index (χ4v) is 2.14. The molecule has 0 saturated carbocycles. The molecule has 0 aliphatic heterocycles. The van der Waals surface area contributed by atoms with Crippen molar-refractivity contribution in [3.8, 4) is 5.75 Å². The molecule has 4 heteroatoms. The number of benzene rings is 2. The molecule has 2 rings (SSSR count). The summed E-state index contributed by atoms with van der Waals surface area (Å²) in [6, 6.07) is 13.4. The van der Waals surface area contributed by atoms with Gasteiger partial charge in [-0.25, -0.2) is 0 Å². The van der Waals surface area contributed by atoms with Crippen molar-refractivity contribution in [1.82, 2.24) is 0 Å². The molecule has 0 bridgehead atoms. The molecular weight excluding hydrogens is 314 g/mol. The van der Waals surface area contributed by atoms with Crippen LogP contribution in [0.25, 0.3) is 0 Å². The van der Waals surface area contributed by atoms with Crippen LogP contribution < -0.4 is 4.74 Å². The molecule has 0 aliphatic rings. The minimum Gasteiger partial charge on any atom is -0.495 e. The van der Waals surface area contributed by atoms with Crippen LogP contribution in [0.3, 0.4) is 0 Å². The van der Waals surface area contributed by atoms with Crippen molar-refractivity contribution in [2.24, 2.45) is 4.99 Å². The lowest BCUT2D eigenvalue weighted by Gasteiger charge is -2.02. The number of ether oxygens (including phenoxy) is 1. The summed E-state index contributed by atoms with van der Waals surface area (Å²) >= 11 is 9.45. The van der Waals surface area contributed by atoms with E-state index in [1.807, 2.05) is 30.3 Å². The Kier molecular flexibility index (Phi) is 4.39. The molecule has 2 aromatic rings. The van der Waals surface area contributed by atoms with E-state index < -0.39 is 0 Å². The highest BCUT2D eigenvalue weighted by atomic mass is 79.9. The molecule has 0 saturated heterocycles. The highest BCUT2D eigenvalue weighted by Crippen LogP contribution is 2.28. The van der Waals surface area contributed by atoms with Crippen molar-refractivity contribution in [2.45, 2.75) is 0 Å². The first kappa shape index (κ1) is 13.1. The first-order valence-corrected chi connectivity index (χ1v) is 6.49. The summed E-state index contributed by atoms with van der Waals surface area (Å²) in [5, 5.41) is 0.557. The molecule has 0 spiro atoms. The minimum atomic E-state index is 0.557. The molecule has 0 unspecified atom stereocenters. The lowest BCUT2D eigenvalue weighted by molar-refractivity contribution is 0.415. The van der Waals surface area contributed by atoms with E-state index in [1.165, 1.54) is 0 Å². The normalized spacial score (nSPS) is 10.8. The van der Waals surface area contributed by atoms with Crippen LogP contribution in [-0.2, 0) is 0 Å². The van der Waals surface area contributed by atoms with Crippen LogP contribution in [0, 0.1) is 0 Å². The van der Waals surface area contributed by atoms with E-state index >= 15 is 0 Å². The van der Waals surface area contributed by atoms with Crippen molar-refractivity contribution in [1.29, 1.82) is 0 Å². The van der Waals surface area contributed by atoms with Crippen molar-refractivity contribution < 1.29 is 4.74 Å². The van der Waals surface area contributed by atoms with Gasteiger partial charge in [0.15, 0.2) is 0 Å². The number of hydrogen-bond acceptors (Lipinski definition) is 2. The maximum Gasteiger partial charge on any atom is 0.137 e. The third kappa shape index (κ3) is 3.34. The first-order valence-electron chi connectivity index (χ1n) is 5.32. The average Bonchev–Trinajstić information content (AvgIpc) is 2.37. The predicted octanol–water partition coefficient (Wildman–Crippen LogP) is 4.86. The number of rotatable bonds is 3. The molecule has 0 radical (unpaired) electrons. The quantitative estimate of drug-likeness (QED) is 0.739. The summed E-state index contributed by atoms with van der Waals surface area (Å²) in [5.74, 6) is 0.651. The van der Waals surface area contributed by atoms with E-state index in [9.17, 15) is 0 Å². The monoisotopic (exact) mass is 323 g/mol. The van der Waals surface area contributed by atoms with E-state index in [2.05, 4.69) is 20.9 Å². The summed E-state index contributed by atoms with van der Waals surface area (Å²) in [4.78, 5) is 4.37. The van der Waals surface area contributed by atoms with Gasteiger partial charge in [0.2, 0.25) is 0 Å². The van der Waals surface area contributed by atoms with Crippen LogP contribution in [0.5, 0.6) is 5.75 Å². The number of hydrogen-bond donors (Lipinski definition) is 0. The Morgan fingerprint density at radius 3 is 2.72 bits per heavy atom. The molecule has 2 nitrogen and oxygen atoms in total. The van der Waals surface area contributed by atoms with E-state index in [1.54, 1.807) is 25.5 Å². The highest BCUT2D eigenvalue weighted by molar-refractivity contribution is 9.10. The molecule has 0 amide bonds. The second kappa shape index (κ2) is 6.03. The Bertz CT molecular complexity index is 584. The van der Waals surface area contributed by atoms with Crippen LogP contribution in [0.4, 0.5) is 5.69 Å². The molecule has 2 aromatic carbocycles. The van der Waals surface area contributed by atoms with Gasteiger partial charge in [0.05, 0.1) is 17.8 Å². The summed E-state index contributed by atoms with van der Waals surface area (Å²) in [5.41, 5.74) is 1.82. The smallest absolute Gasteiger partial charge is 0.137 e. The van der Waals surface area contributed by atoms with Crippen molar-refractivity contribution >= 4 is 39.4 Å². The fraction of sp³-hybridized carbons (Fsp3) is 0.0714. The van der Waals surface area contributed by atoms with Gasteiger partial charge in [-0.15, -0.1) is 0 Å². The largest absolute Gasteiger partial charge is 0.495 e. The van der Waals surface area contributed by atoms with Gasteiger partial charge in [0.25, 0.3) is 0 Å². The Morgan fingerprint density at radius 1 is 1.22 bits per heavy atom. The molecule has 18 heavy (non-hydrogen) atoms. The van der Waals surface area contributed by atoms with Crippen LogP contribution in [-0.4, -0.2) is 13.3 Å². The van der Waals surface area contributed by atoms with Crippen LogP contribution in [0.1, 0.15) is 5.56 Å². The lowest BCUT2D eigenvalue weighted by Crippen LogP contribution is -1.83. The third-order valence-electron chi connectivity index (χ3n) is 2.35. The standard InChI is InChI=1S/C14H11BrClNO/c1-18-14-6-5-12(8-13(14)16)17-9-10-3-2-4-11(15)7-10/h2-9H,1H3. The molecule has 92 valence electrons. The molecule has 0 fully saturated rings. The van der Waals surface area contributed by atoms with Crippen molar-refractivity contribution in [3.63, 3.8) is 0 Å². The average molecular weight is 325 g/mol. The topological polar surface area (TPSA) is 21.6 Å². The summed E-state index contributed by atoms with van der Waals surface area (Å²) < 4.78 is 6.12. The second-order valence-corrected chi connectivity index (χ2v) is 4.95. The highest BCUT2D eigenvalue weighted by Gasteiger charge is 2.00. The zero-order chi connectivity index (χ0) is 13.0. The van der Waals surface area contributed by atoms with Crippen molar-refractivity contribution in [3.05, 3.63) is 57.5 Å². The van der Waals surface area contributed by atoms with Gasteiger partial charge in [-0.3, -0.25) is 4.99 Å². The molecule has 0 heterocycles. The van der Waals surface area contributed by atoms with Crippen molar-refractivity contribution in [2.75, 3.05) is 7.11 Å². The van der Waals surface area contributed by atoms with E-state index in [-0.39, 0.29) is 0 Å². The van der Waals surface area contributed by atoms with Gasteiger partial charge in [-0.1, -0.05) is 39.7 Å². The number of nitrogens with zero attached hydrogens (tertiary/aromatic N) is 1. The molecular formula is C14H11BrClNO. The SMILES string of the molecule is COc1ccc(N=Cc2cccc(Br)c2)cc1Cl. The zero-order valence-electron chi connectivity index (χ0n) is 9.73. The summed E-state index contributed by atoms with van der Waals surface area (Å²) in [6.45, 7) is 0. The van der Waals surface area contributed by atoms with Gasteiger partial charge in [-0.05, 0) is 35.9 Å². The number of aliphatic imine (C=N–C) groups is 1. The van der Waals surface area contributed by atoms with Gasteiger partial charge in [-0.2, -0.15) is 0 Å². The van der Waals surface area contributed by atoms with Gasteiger partial charge < -0.3 is 4.74 Å². The Hall–Kier alpha value is -1.32. The molecule has 0 atom stereocenters. The lowest BCUT2D eigenvalue weighted by atomic mass is 10.2. The Morgan fingerprint density at radius 2 is 2.06 bits per heavy atom. The van der Waals surface area contributed by atoms with Gasteiger partial charge in [0, 0.05) is 10.7 Å². The van der Waals surface area contributed by atoms with E-state index in [4.69, 9.17) is 16.3 Å². The van der Waals surface area contributed by atoms with Gasteiger partial charge >= 0.3 is 0 Å². The maximum absolute atomic E-state index is 6.03. The summed E-state index contributed by atoms with van der Waals surface area (Å²) in [7, 11) is 1.59. The molecule has 0 aromatic heterocycles. The maximum atomic E-state index is 6.03. The minimum absolute atomic E-state index is 0.557. The van der Waals surface area contributed by atoms with Gasteiger partial charge in [0.1, 0.15) is 5.75 Å². The Labute approximate surface area is 119 Å². The Balaban J connectivity index is 2.21. The first-order chi connectivity index (χ1) is 8.69. The second-order valence-electron chi connectivity index (χ2n) is 3.63. The van der Waals surface area contributed by atoms with Crippen LogP contribution >= 0.6 is 27.5 Å². The molecule has 0 aliphatic carbocycles. The third-order valence-corrected chi connectivity index (χ3v) is 3.14. The van der Waals surface area contributed by atoms with Crippen LogP contribution in [0.15, 0.2) is 51.9 Å². The summed E-state index contributed by atoms with van der Waals surface area (Å²) in [6.07, 6.45) is 1.79. The predicted molar refractivity (Wildman–Crippen MR) is 79.4 cm³/mol. The van der Waals surface area contributed by atoms with Crippen LogP contribution in [0.2, 0.25) is 5.02 Å².